The third-order valence-electron chi connectivity index (χ3n) is 3.14. The van der Waals surface area contributed by atoms with Crippen LogP contribution in [0.25, 0.3) is 16.6 Å². The average Bonchev–Trinajstić information content (AvgIpc) is 2.40. The van der Waals surface area contributed by atoms with Gasteiger partial charge in [0.1, 0.15) is 5.82 Å². The molecule has 1 heterocycles. The Morgan fingerprint density at radius 3 is 2.45 bits per heavy atom. The first-order valence-electron chi connectivity index (χ1n) is 6.08. The fourth-order valence-corrected chi connectivity index (χ4v) is 2.16. The molecule has 0 aliphatic rings. The molecule has 0 spiro atoms. The highest BCUT2D eigenvalue weighted by molar-refractivity contribution is 5.78. The zero-order chi connectivity index (χ0) is 14.3. The summed E-state index contributed by atoms with van der Waals surface area (Å²) in [6.07, 6.45) is 0. The van der Waals surface area contributed by atoms with Gasteiger partial charge in [-0.05, 0) is 48.9 Å². The number of aromatic amines is 1. The van der Waals surface area contributed by atoms with Crippen molar-refractivity contribution in [2.45, 2.75) is 6.92 Å². The summed E-state index contributed by atoms with van der Waals surface area (Å²) in [5, 5.41) is 0.416. The summed E-state index contributed by atoms with van der Waals surface area (Å²) in [5.74, 6) is -0.422. The fourth-order valence-electron chi connectivity index (χ4n) is 2.16. The molecule has 4 nitrogen and oxygen atoms in total. The first-order chi connectivity index (χ1) is 9.56. The van der Waals surface area contributed by atoms with Crippen molar-refractivity contribution in [3.63, 3.8) is 0 Å². The van der Waals surface area contributed by atoms with Gasteiger partial charge < -0.3 is 4.98 Å². The van der Waals surface area contributed by atoms with Gasteiger partial charge >= 0.3 is 5.69 Å². The Morgan fingerprint density at radius 2 is 1.75 bits per heavy atom. The number of benzene rings is 2. The third kappa shape index (κ3) is 1.93. The largest absolute Gasteiger partial charge is 0.333 e. The van der Waals surface area contributed by atoms with E-state index in [9.17, 15) is 14.0 Å². The van der Waals surface area contributed by atoms with E-state index in [2.05, 4.69) is 4.98 Å². The molecule has 0 atom stereocenters. The molecule has 0 fully saturated rings. The van der Waals surface area contributed by atoms with Gasteiger partial charge in [-0.3, -0.25) is 4.79 Å². The van der Waals surface area contributed by atoms with Crippen molar-refractivity contribution in [3.8, 4) is 5.69 Å². The van der Waals surface area contributed by atoms with E-state index in [1.54, 1.807) is 18.2 Å². The lowest BCUT2D eigenvalue weighted by atomic mass is 10.2. The first-order valence-corrected chi connectivity index (χ1v) is 6.08. The normalized spacial score (nSPS) is 10.9. The van der Waals surface area contributed by atoms with E-state index in [1.165, 1.54) is 24.3 Å². The van der Waals surface area contributed by atoms with E-state index < -0.39 is 17.1 Å². The van der Waals surface area contributed by atoms with Gasteiger partial charge in [-0.2, -0.15) is 0 Å². The lowest BCUT2D eigenvalue weighted by molar-refractivity contribution is 0.627. The highest BCUT2D eigenvalue weighted by Gasteiger charge is 2.09. The maximum absolute atomic E-state index is 12.9. The molecule has 0 saturated carbocycles. The molecule has 0 amide bonds. The van der Waals surface area contributed by atoms with Gasteiger partial charge in [0, 0.05) is 0 Å². The molecule has 20 heavy (non-hydrogen) atoms. The molecule has 3 rings (SSSR count). The molecule has 1 aromatic heterocycles. The summed E-state index contributed by atoms with van der Waals surface area (Å²) in [6, 6.07) is 10.4. The summed E-state index contributed by atoms with van der Waals surface area (Å²) >= 11 is 0. The maximum atomic E-state index is 12.9. The summed E-state index contributed by atoms with van der Waals surface area (Å²) in [5.41, 5.74) is 0.820. The van der Waals surface area contributed by atoms with Crippen LogP contribution in [-0.4, -0.2) is 9.55 Å². The number of hydrogen-bond acceptors (Lipinski definition) is 2. The molecule has 2 aromatic carbocycles. The number of halogens is 1. The van der Waals surface area contributed by atoms with Gasteiger partial charge in [0.2, 0.25) is 0 Å². The van der Waals surface area contributed by atoms with E-state index in [1.807, 2.05) is 6.92 Å². The van der Waals surface area contributed by atoms with Gasteiger partial charge in [0.15, 0.2) is 0 Å². The molecule has 3 aromatic rings. The average molecular weight is 270 g/mol. The molecule has 0 radical (unpaired) electrons. The molecule has 0 bridgehead atoms. The van der Waals surface area contributed by atoms with E-state index >= 15 is 0 Å². The quantitative estimate of drug-likeness (QED) is 0.736. The van der Waals surface area contributed by atoms with Crippen LogP contribution in [-0.2, 0) is 0 Å². The van der Waals surface area contributed by atoms with E-state index in [-0.39, 0.29) is 0 Å². The van der Waals surface area contributed by atoms with Crippen LogP contribution >= 0.6 is 0 Å². The minimum atomic E-state index is -0.542. The van der Waals surface area contributed by atoms with E-state index in [0.29, 0.717) is 16.6 Å². The molecule has 0 aliphatic heterocycles. The van der Waals surface area contributed by atoms with Gasteiger partial charge in [0.05, 0.1) is 16.6 Å². The van der Waals surface area contributed by atoms with Crippen LogP contribution in [0.3, 0.4) is 0 Å². The Bertz CT molecular complexity index is 908. The van der Waals surface area contributed by atoms with Crippen molar-refractivity contribution in [1.82, 2.24) is 9.55 Å². The predicted octanol–water partition coefficient (Wildman–Crippen LogP) is 2.13. The van der Waals surface area contributed by atoms with Gasteiger partial charge in [0.25, 0.3) is 5.56 Å². The van der Waals surface area contributed by atoms with Crippen LogP contribution in [0, 0.1) is 12.7 Å². The molecule has 5 heteroatoms. The number of rotatable bonds is 1. The van der Waals surface area contributed by atoms with Crippen LogP contribution in [0.2, 0.25) is 0 Å². The SMILES string of the molecule is Cc1ccc2c(=O)n(-c3ccc(F)cc3)c(=O)[nH]c2c1. The lowest BCUT2D eigenvalue weighted by Crippen LogP contribution is -2.33. The van der Waals surface area contributed by atoms with Crippen molar-refractivity contribution < 1.29 is 4.39 Å². The summed E-state index contributed by atoms with van der Waals surface area (Å²) < 4.78 is 13.9. The van der Waals surface area contributed by atoms with Crippen molar-refractivity contribution in [1.29, 1.82) is 0 Å². The summed E-state index contributed by atoms with van der Waals surface area (Å²) in [6.45, 7) is 1.88. The van der Waals surface area contributed by atoms with Gasteiger partial charge in [-0.15, -0.1) is 0 Å². The highest BCUT2D eigenvalue weighted by Crippen LogP contribution is 2.10. The lowest BCUT2D eigenvalue weighted by Gasteiger charge is -2.06. The minimum absolute atomic E-state index is 0.333. The van der Waals surface area contributed by atoms with Crippen LogP contribution in [0.4, 0.5) is 4.39 Å². The van der Waals surface area contributed by atoms with Gasteiger partial charge in [-0.1, -0.05) is 6.07 Å². The number of H-pyrrole nitrogens is 1. The molecule has 1 N–H and O–H groups in total. The van der Waals surface area contributed by atoms with Crippen LogP contribution in [0.15, 0.2) is 52.1 Å². The second kappa shape index (κ2) is 4.45. The molecule has 0 aliphatic carbocycles. The molecule has 0 unspecified atom stereocenters. The number of hydrogen-bond donors (Lipinski definition) is 1. The predicted molar refractivity (Wildman–Crippen MR) is 74.9 cm³/mol. The van der Waals surface area contributed by atoms with Crippen molar-refractivity contribution in [2.75, 3.05) is 0 Å². The maximum Gasteiger partial charge on any atom is 0.333 e. The number of fused-ring (bicyclic) bond motifs is 1. The zero-order valence-corrected chi connectivity index (χ0v) is 10.7. The van der Waals surface area contributed by atoms with Crippen molar-refractivity contribution in [2.24, 2.45) is 0 Å². The van der Waals surface area contributed by atoms with E-state index in [4.69, 9.17) is 0 Å². The second-order valence-corrected chi connectivity index (χ2v) is 4.60. The van der Waals surface area contributed by atoms with Gasteiger partial charge in [-0.25, -0.2) is 13.8 Å². The molecule has 0 saturated heterocycles. The number of nitrogens with zero attached hydrogens (tertiary/aromatic N) is 1. The Hall–Kier alpha value is -2.69. The van der Waals surface area contributed by atoms with Crippen molar-refractivity contribution >= 4 is 10.9 Å². The fraction of sp³-hybridized carbons (Fsp3) is 0.0667. The number of aromatic nitrogens is 2. The summed E-state index contributed by atoms with van der Waals surface area (Å²) in [7, 11) is 0. The molecule has 100 valence electrons. The third-order valence-corrected chi connectivity index (χ3v) is 3.14. The molecular formula is C15H11FN2O2. The number of aryl methyl sites for hydroxylation is 1. The van der Waals surface area contributed by atoms with Crippen LogP contribution in [0.5, 0.6) is 0 Å². The first kappa shape index (κ1) is 12.3. The zero-order valence-electron chi connectivity index (χ0n) is 10.7. The van der Waals surface area contributed by atoms with Crippen LogP contribution in [0.1, 0.15) is 5.56 Å². The Balaban J connectivity index is 2.37. The standard InChI is InChI=1S/C15H11FN2O2/c1-9-2-7-12-13(8-9)17-15(20)18(14(12)19)11-5-3-10(16)4-6-11/h2-8H,1H3,(H,17,20). The number of nitrogens with one attached hydrogen (secondary N) is 1. The van der Waals surface area contributed by atoms with Crippen molar-refractivity contribution in [3.05, 3.63) is 74.7 Å². The Morgan fingerprint density at radius 1 is 1.05 bits per heavy atom. The Labute approximate surface area is 113 Å². The topological polar surface area (TPSA) is 54.9 Å². The smallest absolute Gasteiger partial charge is 0.306 e. The van der Waals surface area contributed by atoms with Crippen LogP contribution < -0.4 is 11.2 Å². The summed E-state index contributed by atoms with van der Waals surface area (Å²) in [4.78, 5) is 27.1. The Kier molecular flexibility index (Phi) is 2.75. The van der Waals surface area contributed by atoms with E-state index in [0.717, 1.165) is 10.1 Å². The molecular weight excluding hydrogens is 259 g/mol. The highest BCUT2D eigenvalue weighted by atomic mass is 19.1. The second-order valence-electron chi connectivity index (χ2n) is 4.60. The monoisotopic (exact) mass is 270 g/mol. The minimum Gasteiger partial charge on any atom is -0.306 e.